The summed E-state index contributed by atoms with van der Waals surface area (Å²) in [6, 6.07) is 6.29. The van der Waals surface area contributed by atoms with Crippen molar-refractivity contribution < 1.29 is 9.50 Å². The van der Waals surface area contributed by atoms with Gasteiger partial charge in [-0.3, -0.25) is 0 Å². The Morgan fingerprint density at radius 1 is 1.29 bits per heavy atom. The first-order valence-corrected chi connectivity index (χ1v) is 9.61. The highest BCUT2D eigenvalue weighted by Crippen LogP contribution is 2.41. The van der Waals surface area contributed by atoms with Crippen molar-refractivity contribution in [2.75, 3.05) is 5.73 Å². The molecular formula is C21H20ClFN4O. The summed E-state index contributed by atoms with van der Waals surface area (Å²) in [6.07, 6.45) is 6.33. The lowest BCUT2D eigenvalue weighted by Crippen LogP contribution is -2.20. The van der Waals surface area contributed by atoms with E-state index in [0.717, 1.165) is 47.7 Å². The normalized spacial score (nSPS) is 19.7. The number of nitrogens with zero attached hydrogens (tertiary/aromatic N) is 3. The van der Waals surface area contributed by atoms with Crippen LogP contribution in [-0.2, 0) is 0 Å². The molecule has 4 rings (SSSR count). The summed E-state index contributed by atoms with van der Waals surface area (Å²) < 4.78 is 15.9. The highest BCUT2D eigenvalue weighted by atomic mass is 35.5. The number of nitrogen functional groups attached to an aromatic ring is 1. The maximum absolute atomic E-state index is 13.7. The molecule has 7 heteroatoms. The number of aryl methyl sites for hydroxylation is 1. The van der Waals surface area contributed by atoms with Crippen LogP contribution in [-0.4, -0.2) is 20.8 Å². The van der Waals surface area contributed by atoms with Gasteiger partial charge in [0.25, 0.3) is 0 Å². The zero-order valence-electron chi connectivity index (χ0n) is 15.4. The van der Waals surface area contributed by atoms with Crippen molar-refractivity contribution in [3.05, 3.63) is 46.6 Å². The number of aromatic nitrogens is 2. The number of halogens is 2. The van der Waals surface area contributed by atoms with E-state index in [1.165, 1.54) is 6.20 Å². The minimum atomic E-state index is -0.799. The molecule has 1 saturated carbocycles. The van der Waals surface area contributed by atoms with Crippen molar-refractivity contribution in [3.63, 3.8) is 0 Å². The first-order chi connectivity index (χ1) is 13.4. The molecule has 144 valence electrons. The molecule has 2 heterocycles. The number of aliphatic hydroxyl groups is 1. The molecule has 1 aromatic carbocycles. The molecule has 0 bridgehead atoms. The van der Waals surface area contributed by atoms with E-state index in [1.807, 2.05) is 25.3 Å². The molecule has 0 saturated heterocycles. The van der Waals surface area contributed by atoms with E-state index in [9.17, 15) is 14.8 Å². The lowest BCUT2D eigenvalue weighted by molar-refractivity contribution is 0.111. The van der Waals surface area contributed by atoms with Gasteiger partial charge in [-0.1, -0.05) is 11.6 Å². The van der Waals surface area contributed by atoms with Gasteiger partial charge < -0.3 is 15.4 Å². The van der Waals surface area contributed by atoms with Crippen LogP contribution in [0.1, 0.15) is 42.9 Å². The average Bonchev–Trinajstić information content (AvgIpc) is 3.04. The zero-order chi connectivity index (χ0) is 20.0. The molecular weight excluding hydrogens is 379 g/mol. The SMILES string of the molecule is Cc1cc2c(cc1C#N)c(-c1cnc(F)c(N)c1Cl)cn2[C@H]1CC[C@H](O)CC1. The fourth-order valence-electron chi connectivity index (χ4n) is 4.04. The molecule has 5 nitrogen and oxygen atoms in total. The highest BCUT2D eigenvalue weighted by molar-refractivity contribution is 6.36. The Kier molecular flexibility index (Phi) is 4.74. The highest BCUT2D eigenvalue weighted by Gasteiger charge is 2.25. The Hall–Kier alpha value is -2.62. The molecule has 0 unspecified atom stereocenters. The summed E-state index contributed by atoms with van der Waals surface area (Å²) in [5.41, 5.74) is 9.31. The van der Waals surface area contributed by atoms with Crippen LogP contribution in [0.2, 0.25) is 5.02 Å². The van der Waals surface area contributed by atoms with Crippen molar-refractivity contribution in [1.29, 1.82) is 5.26 Å². The van der Waals surface area contributed by atoms with Gasteiger partial charge in [-0.15, -0.1) is 0 Å². The molecule has 3 N–H and O–H groups in total. The first-order valence-electron chi connectivity index (χ1n) is 9.24. The molecule has 0 aliphatic heterocycles. The fourth-order valence-corrected chi connectivity index (χ4v) is 4.27. The molecule has 0 spiro atoms. The van der Waals surface area contributed by atoms with Gasteiger partial charge in [-0.05, 0) is 50.3 Å². The standard InChI is InChI=1S/C21H20ClFN4O/c1-11-6-18-15(7-12(11)8-24)17(16-9-26-21(23)20(25)19(16)22)10-27(18)13-2-4-14(28)5-3-13/h6-7,9-10,13-14,28H,2-5,25H2,1H3/t13-,14-. The lowest BCUT2D eigenvalue weighted by Gasteiger charge is -2.27. The molecule has 0 atom stereocenters. The Morgan fingerprint density at radius 3 is 2.68 bits per heavy atom. The number of rotatable bonds is 2. The number of pyridine rings is 1. The largest absolute Gasteiger partial charge is 0.394 e. The average molecular weight is 399 g/mol. The summed E-state index contributed by atoms with van der Waals surface area (Å²) in [5.74, 6) is -0.799. The second-order valence-corrected chi connectivity index (χ2v) is 7.78. The summed E-state index contributed by atoms with van der Waals surface area (Å²) in [7, 11) is 0. The predicted octanol–water partition coefficient (Wildman–Crippen LogP) is 4.73. The Morgan fingerprint density at radius 2 is 2.00 bits per heavy atom. The summed E-state index contributed by atoms with van der Waals surface area (Å²) in [6.45, 7) is 1.91. The number of hydrogen-bond acceptors (Lipinski definition) is 4. The third-order valence-corrected chi connectivity index (χ3v) is 6.06. The smallest absolute Gasteiger partial charge is 0.237 e. The number of nitrogens with two attached hydrogens (primary N) is 1. The van der Waals surface area contributed by atoms with E-state index >= 15 is 0 Å². The maximum Gasteiger partial charge on any atom is 0.237 e. The van der Waals surface area contributed by atoms with Crippen LogP contribution in [0.25, 0.3) is 22.0 Å². The second-order valence-electron chi connectivity index (χ2n) is 7.40. The van der Waals surface area contributed by atoms with Crippen LogP contribution in [0.15, 0.2) is 24.5 Å². The molecule has 3 aromatic rings. The number of aliphatic hydroxyl groups excluding tert-OH is 1. The summed E-state index contributed by atoms with van der Waals surface area (Å²) >= 11 is 6.34. The monoisotopic (exact) mass is 398 g/mol. The molecule has 1 aliphatic rings. The van der Waals surface area contributed by atoms with Crippen LogP contribution in [0.5, 0.6) is 0 Å². The number of anilines is 1. The predicted molar refractivity (Wildman–Crippen MR) is 108 cm³/mol. The quantitative estimate of drug-likeness (QED) is 0.610. The number of fused-ring (bicyclic) bond motifs is 1. The van der Waals surface area contributed by atoms with Crippen molar-refractivity contribution in [2.24, 2.45) is 0 Å². The van der Waals surface area contributed by atoms with E-state index in [2.05, 4.69) is 15.6 Å². The van der Waals surface area contributed by atoms with Gasteiger partial charge in [0.2, 0.25) is 5.95 Å². The number of nitriles is 1. The second kappa shape index (κ2) is 7.08. The van der Waals surface area contributed by atoms with Gasteiger partial charge in [-0.2, -0.15) is 9.65 Å². The van der Waals surface area contributed by atoms with Gasteiger partial charge in [0.05, 0.1) is 22.8 Å². The van der Waals surface area contributed by atoms with Crippen LogP contribution < -0.4 is 5.73 Å². The van der Waals surface area contributed by atoms with Crippen LogP contribution >= 0.6 is 11.6 Å². The lowest BCUT2D eigenvalue weighted by atomic mass is 9.93. The topological polar surface area (TPSA) is 87.9 Å². The van der Waals surface area contributed by atoms with Gasteiger partial charge in [0, 0.05) is 40.5 Å². The van der Waals surface area contributed by atoms with Gasteiger partial charge in [-0.25, -0.2) is 4.98 Å². The zero-order valence-corrected chi connectivity index (χ0v) is 16.2. The number of hydrogen-bond donors (Lipinski definition) is 2. The number of benzene rings is 1. The molecule has 1 fully saturated rings. The van der Waals surface area contributed by atoms with E-state index in [-0.39, 0.29) is 22.9 Å². The third-order valence-electron chi connectivity index (χ3n) is 5.65. The molecule has 2 aromatic heterocycles. The fraction of sp³-hybridized carbons (Fsp3) is 0.333. The Labute approximate surface area is 167 Å². The maximum atomic E-state index is 13.7. The molecule has 28 heavy (non-hydrogen) atoms. The minimum Gasteiger partial charge on any atom is -0.394 e. The third kappa shape index (κ3) is 3.01. The molecule has 0 radical (unpaired) electrons. The van der Waals surface area contributed by atoms with Crippen molar-refractivity contribution >= 4 is 28.2 Å². The van der Waals surface area contributed by atoms with E-state index < -0.39 is 5.95 Å². The van der Waals surface area contributed by atoms with E-state index in [4.69, 9.17) is 17.3 Å². The summed E-state index contributed by atoms with van der Waals surface area (Å²) in [4.78, 5) is 3.73. The van der Waals surface area contributed by atoms with Crippen molar-refractivity contribution in [1.82, 2.24) is 9.55 Å². The Bertz CT molecular complexity index is 1110. The van der Waals surface area contributed by atoms with Crippen molar-refractivity contribution in [3.8, 4) is 17.2 Å². The van der Waals surface area contributed by atoms with Crippen LogP contribution in [0, 0.1) is 24.2 Å². The van der Waals surface area contributed by atoms with Gasteiger partial charge in [0.1, 0.15) is 5.69 Å². The van der Waals surface area contributed by atoms with Gasteiger partial charge >= 0.3 is 0 Å². The van der Waals surface area contributed by atoms with Crippen molar-refractivity contribution in [2.45, 2.75) is 44.8 Å². The van der Waals surface area contributed by atoms with Gasteiger partial charge in [0.15, 0.2) is 0 Å². The molecule has 1 aliphatic carbocycles. The summed E-state index contributed by atoms with van der Waals surface area (Å²) in [5, 5.41) is 20.3. The Balaban J connectivity index is 1.96. The minimum absolute atomic E-state index is 0.115. The first kappa shape index (κ1) is 18.7. The van der Waals surface area contributed by atoms with Crippen LogP contribution in [0.4, 0.5) is 10.1 Å². The van der Waals surface area contributed by atoms with Crippen LogP contribution in [0.3, 0.4) is 0 Å². The molecule has 0 amide bonds. The van der Waals surface area contributed by atoms with E-state index in [1.54, 1.807) is 0 Å². The van der Waals surface area contributed by atoms with E-state index in [0.29, 0.717) is 11.1 Å².